The molecule has 26 heavy (non-hydrogen) atoms. The summed E-state index contributed by atoms with van der Waals surface area (Å²) in [6.07, 6.45) is 16.7. The van der Waals surface area contributed by atoms with Crippen molar-refractivity contribution < 1.29 is 9.63 Å². The van der Waals surface area contributed by atoms with E-state index in [0.717, 1.165) is 63.9 Å². The van der Waals surface area contributed by atoms with E-state index in [4.69, 9.17) is 4.84 Å². The Labute approximate surface area is 158 Å². The van der Waals surface area contributed by atoms with Gasteiger partial charge in [-0.1, -0.05) is 43.5 Å². The topological polar surface area (TPSA) is 74.8 Å². The van der Waals surface area contributed by atoms with Crippen LogP contribution < -0.4 is 16.0 Å². The highest BCUT2D eigenvalue weighted by molar-refractivity contribution is 5.84. The Morgan fingerprint density at radius 3 is 2.31 bits per heavy atom. The maximum absolute atomic E-state index is 11.5. The molecule has 1 heterocycles. The van der Waals surface area contributed by atoms with Crippen LogP contribution in [0, 0.1) is 0 Å². The molecule has 0 aromatic carbocycles. The Kier molecular flexibility index (Phi) is 13.0. The van der Waals surface area contributed by atoms with E-state index in [1.165, 1.54) is 25.7 Å². The van der Waals surface area contributed by atoms with Gasteiger partial charge in [-0.2, -0.15) is 0 Å². The van der Waals surface area contributed by atoms with Gasteiger partial charge < -0.3 is 20.8 Å². The Hall–Kier alpha value is -1.98. The SMILES string of the molecule is C=C1NC(CCCCC/C=C/CCCCNC(=O)NCCCCC)=NO1. The Bertz CT molecular complexity index is 461. The average molecular weight is 365 g/mol. The third kappa shape index (κ3) is 12.4. The lowest BCUT2D eigenvalue weighted by Gasteiger charge is -2.06. The first-order valence-corrected chi connectivity index (χ1v) is 10.1. The molecule has 0 fully saturated rings. The summed E-state index contributed by atoms with van der Waals surface area (Å²) in [6.45, 7) is 7.34. The largest absolute Gasteiger partial charge is 0.338 e. The van der Waals surface area contributed by atoms with Crippen molar-refractivity contribution >= 4 is 11.9 Å². The van der Waals surface area contributed by atoms with E-state index in [9.17, 15) is 4.79 Å². The predicted molar refractivity (Wildman–Crippen MR) is 108 cm³/mol. The molecule has 3 N–H and O–H groups in total. The highest BCUT2D eigenvalue weighted by Gasteiger charge is 2.09. The zero-order valence-corrected chi connectivity index (χ0v) is 16.3. The van der Waals surface area contributed by atoms with E-state index in [-0.39, 0.29) is 6.03 Å². The molecule has 6 heteroatoms. The van der Waals surface area contributed by atoms with Gasteiger partial charge in [0.05, 0.1) is 0 Å². The molecule has 1 rings (SSSR count). The summed E-state index contributed by atoms with van der Waals surface area (Å²) in [4.78, 5) is 16.4. The highest BCUT2D eigenvalue weighted by atomic mass is 16.7. The molecule has 0 radical (unpaired) electrons. The fraction of sp³-hybridized carbons (Fsp3) is 0.700. The molecule has 6 nitrogen and oxygen atoms in total. The van der Waals surface area contributed by atoms with Crippen LogP contribution in [0.15, 0.2) is 29.8 Å². The minimum Gasteiger partial charge on any atom is -0.338 e. The van der Waals surface area contributed by atoms with Crippen LogP contribution in [-0.4, -0.2) is 25.0 Å². The molecule has 148 valence electrons. The fourth-order valence-electron chi connectivity index (χ4n) is 2.62. The number of nitrogens with zero attached hydrogens (tertiary/aromatic N) is 1. The van der Waals surface area contributed by atoms with E-state index in [2.05, 4.69) is 46.8 Å². The van der Waals surface area contributed by atoms with Crippen LogP contribution in [0.1, 0.15) is 77.6 Å². The Balaban J connectivity index is 1.80. The summed E-state index contributed by atoms with van der Waals surface area (Å²) in [5, 5.41) is 12.7. The number of carbonyl (C=O) groups is 1. The first-order chi connectivity index (χ1) is 12.7. The molecule has 0 unspecified atom stereocenters. The quantitative estimate of drug-likeness (QED) is 0.295. The van der Waals surface area contributed by atoms with Gasteiger partial charge in [0.25, 0.3) is 0 Å². The molecular formula is C20H36N4O2. The van der Waals surface area contributed by atoms with Crippen LogP contribution in [0.3, 0.4) is 0 Å². The van der Waals surface area contributed by atoms with Crippen molar-refractivity contribution in [3.63, 3.8) is 0 Å². The van der Waals surface area contributed by atoms with Gasteiger partial charge in [0, 0.05) is 19.5 Å². The predicted octanol–water partition coefficient (Wildman–Crippen LogP) is 4.56. The molecule has 1 aliphatic heterocycles. The van der Waals surface area contributed by atoms with Gasteiger partial charge in [0.2, 0.25) is 5.88 Å². The molecule has 0 atom stereocenters. The van der Waals surface area contributed by atoms with Gasteiger partial charge in [0.1, 0.15) is 5.84 Å². The molecule has 1 aliphatic rings. The number of amidine groups is 1. The number of oxime groups is 1. The zero-order valence-electron chi connectivity index (χ0n) is 16.3. The second-order valence-electron chi connectivity index (χ2n) is 6.63. The first-order valence-electron chi connectivity index (χ1n) is 10.1. The third-order valence-electron chi connectivity index (χ3n) is 4.15. The maximum Gasteiger partial charge on any atom is 0.314 e. The monoisotopic (exact) mass is 364 g/mol. The second-order valence-corrected chi connectivity index (χ2v) is 6.63. The zero-order chi connectivity index (χ0) is 18.9. The number of carbonyl (C=O) groups excluding carboxylic acids is 1. The highest BCUT2D eigenvalue weighted by Crippen LogP contribution is 2.09. The van der Waals surface area contributed by atoms with Crippen molar-refractivity contribution in [2.45, 2.75) is 77.6 Å². The lowest BCUT2D eigenvalue weighted by atomic mass is 10.1. The third-order valence-corrected chi connectivity index (χ3v) is 4.15. The number of rotatable bonds is 15. The summed E-state index contributed by atoms with van der Waals surface area (Å²) in [7, 11) is 0. The summed E-state index contributed by atoms with van der Waals surface area (Å²) >= 11 is 0. The fourth-order valence-corrected chi connectivity index (χ4v) is 2.62. The summed E-state index contributed by atoms with van der Waals surface area (Å²) in [6, 6.07) is -0.0358. The standard InChI is InChI=1S/C20H36N4O2/c1-3-4-13-16-21-20(25)22-17-14-11-9-7-5-6-8-10-12-15-19-23-18(2)26-24-19/h5,7H,2-4,6,8-17H2,1H3,(H,23,24)(H2,21,22,25)/b7-5+. The van der Waals surface area contributed by atoms with Crippen LogP contribution in [-0.2, 0) is 4.84 Å². The van der Waals surface area contributed by atoms with E-state index < -0.39 is 0 Å². The maximum atomic E-state index is 11.5. The Morgan fingerprint density at radius 1 is 1.04 bits per heavy atom. The van der Waals surface area contributed by atoms with Crippen LogP contribution in [0.2, 0.25) is 0 Å². The van der Waals surface area contributed by atoms with E-state index in [1.54, 1.807) is 0 Å². The van der Waals surface area contributed by atoms with Crippen molar-refractivity contribution in [1.82, 2.24) is 16.0 Å². The summed E-state index contributed by atoms with van der Waals surface area (Å²) in [5.41, 5.74) is 0. The van der Waals surface area contributed by atoms with Crippen LogP contribution in [0.5, 0.6) is 0 Å². The second kappa shape index (κ2) is 15.3. The number of nitrogens with one attached hydrogen (secondary N) is 3. The lowest BCUT2D eigenvalue weighted by molar-refractivity contribution is 0.240. The number of allylic oxidation sites excluding steroid dienone is 2. The van der Waals surface area contributed by atoms with Gasteiger partial charge in [-0.25, -0.2) is 4.79 Å². The molecule has 0 aromatic rings. The molecule has 0 spiro atoms. The Morgan fingerprint density at radius 2 is 1.69 bits per heavy atom. The number of hydrogen-bond donors (Lipinski definition) is 3. The van der Waals surface area contributed by atoms with E-state index in [0.29, 0.717) is 5.88 Å². The molecule has 0 aromatic heterocycles. The van der Waals surface area contributed by atoms with Gasteiger partial charge in [-0.15, -0.1) is 0 Å². The van der Waals surface area contributed by atoms with Gasteiger partial charge in [-0.3, -0.25) is 0 Å². The lowest BCUT2D eigenvalue weighted by Crippen LogP contribution is -2.36. The molecule has 0 saturated heterocycles. The number of unbranched alkanes of at least 4 members (excludes halogenated alkanes) is 7. The molecule has 0 aliphatic carbocycles. The van der Waals surface area contributed by atoms with Crippen molar-refractivity contribution in [1.29, 1.82) is 0 Å². The van der Waals surface area contributed by atoms with Crippen LogP contribution in [0.25, 0.3) is 0 Å². The normalized spacial score (nSPS) is 13.4. The number of urea groups is 1. The number of hydrogen-bond acceptors (Lipinski definition) is 4. The summed E-state index contributed by atoms with van der Waals surface area (Å²) in [5.74, 6) is 1.40. The minimum atomic E-state index is -0.0358. The van der Waals surface area contributed by atoms with Crippen molar-refractivity contribution in [3.8, 4) is 0 Å². The van der Waals surface area contributed by atoms with Gasteiger partial charge in [-0.05, 0) is 51.5 Å². The first kappa shape index (κ1) is 22.1. The van der Waals surface area contributed by atoms with Gasteiger partial charge >= 0.3 is 6.03 Å². The van der Waals surface area contributed by atoms with Crippen LogP contribution >= 0.6 is 0 Å². The average Bonchev–Trinajstić information content (AvgIpc) is 3.05. The van der Waals surface area contributed by atoms with Crippen molar-refractivity contribution in [2.24, 2.45) is 5.16 Å². The smallest absolute Gasteiger partial charge is 0.314 e. The summed E-state index contributed by atoms with van der Waals surface area (Å²) < 4.78 is 0. The van der Waals surface area contributed by atoms with E-state index in [1.807, 2.05) is 0 Å². The van der Waals surface area contributed by atoms with Crippen molar-refractivity contribution in [2.75, 3.05) is 13.1 Å². The molecule has 0 saturated carbocycles. The van der Waals surface area contributed by atoms with Crippen molar-refractivity contribution in [3.05, 3.63) is 24.6 Å². The van der Waals surface area contributed by atoms with Crippen LogP contribution in [0.4, 0.5) is 4.79 Å². The van der Waals surface area contributed by atoms with E-state index >= 15 is 0 Å². The molecular weight excluding hydrogens is 328 g/mol. The van der Waals surface area contributed by atoms with Gasteiger partial charge in [0.15, 0.2) is 0 Å². The molecule has 0 bridgehead atoms. The molecule has 2 amide bonds. The minimum absolute atomic E-state index is 0.0358. The number of amides is 2.